The molecule has 0 radical (unpaired) electrons. The van der Waals surface area contributed by atoms with E-state index in [-0.39, 0.29) is 0 Å². The fourth-order valence-electron chi connectivity index (χ4n) is 1.75. The van der Waals surface area contributed by atoms with E-state index in [0.29, 0.717) is 10.7 Å². The molecule has 0 saturated heterocycles. The Morgan fingerprint density at radius 1 is 1.33 bits per heavy atom. The van der Waals surface area contributed by atoms with Crippen LogP contribution in [0.5, 0.6) is 0 Å². The molecular formula is C13H14N4S. The van der Waals surface area contributed by atoms with Crippen molar-refractivity contribution in [2.24, 2.45) is 5.73 Å². The molecule has 92 valence electrons. The Morgan fingerprint density at radius 2 is 2.11 bits per heavy atom. The average molecular weight is 258 g/mol. The minimum atomic E-state index is 0.309. The van der Waals surface area contributed by atoms with Crippen molar-refractivity contribution >= 4 is 22.9 Å². The monoisotopic (exact) mass is 258 g/mol. The van der Waals surface area contributed by atoms with Gasteiger partial charge in [-0.05, 0) is 23.8 Å². The quantitative estimate of drug-likeness (QED) is 0.847. The lowest BCUT2D eigenvalue weighted by Gasteiger charge is -2.21. The molecule has 0 aliphatic carbocycles. The largest absolute Gasteiger partial charge is 0.388 e. The van der Waals surface area contributed by atoms with Crippen molar-refractivity contribution in [1.29, 1.82) is 0 Å². The predicted molar refractivity (Wildman–Crippen MR) is 76.5 cm³/mol. The Morgan fingerprint density at radius 3 is 2.78 bits per heavy atom. The van der Waals surface area contributed by atoms with Crippen molar-refractivity contribution in [1.82, 2.24) is 9.97 Å². The van der Waals surface area contributed by atoms with E-state index < -0.39 is 0 Å². The molecule has 18 heavy (non-hydrogen) atoms. The molecule has 2 heterocycles. The maximum Gasteiger partial charge on any atom is 0.124 e. The van der Waals surface area contributed by atoms with Crippen molar-refractivity contribution < 1.29 is 0 Å². The van der Waals surface area contributed by atoms with Crippen LogP contribution in [0.25, 0.3) is 0 Å². The SMILES string of the molecule is CN(Cc1cccnc1)c1cccnc1C(N)=S. The van der Waals surface area contributed by atoms with Crippen LogP contribution in [-0.2, 0) is 6.54 Å². The van der Waals surface area contributed by atoms with Crippen LogP contribution in [0.4, 0.5) is 5.69 Å². The summed E-state index contributed by atoms with van der Waals surface area (Å²) >= 11 is 5.01. The van der Waals surface area contributed by atoms with E-state index in [2.05, 4.69) is 14.9 Å². The van der Waals surface area contributed by atoms with Gasteiger partial charge in [-0.1, -0.05) is 18.3 Å². The van der Waals surface area contributed by atoms with Gasteiger partial charge < -0.3 is 10.6 Å². The molecule has 0 saturated carbocycles. The summed E-state index contributed by atoms with van der Waals surface area (Å²) in [6, 6.07) is 7.77. The molecule has 0 aliphatic rings. The molecule has 0 aromatic carbocycles. The normalized spacial score (nSPS) is 10.1. The molecule has 0 atom stereocenters. The molecule has 0 unspecified atom stereocenters. The van der Waals surface area contributed by atoms with E-state index >= 15 is 0 Å². The van der Waals surface area contributed by atoms with Crippen LogP contribution in [0.1, 0.15) is 11.3 Å². The van der Waals surface area contributed by atoms with Crippen LogP contribution < -0.4 is 10.6 Å². The van der Waals surface area contributed by atoms with Gasteiger partial charge in [0.2, 0.25) is 0 Å². The third kappa shape index (κ3) is 2.81. The van der Waals surface area contributed by atoms with Gasteiger partial charge in [-0.25, -0.2) is 0 Å². The molecule has 4 nitrogen and oxygen atoms in total. The number of pyridine rings is 2. The fraction of sp³-hybridized carbons (Fsp3) is 0.154. The summed E-state index contributed by atoms with van der Waals surface area (Å²) < 4.78 is 0. The zero-order chi connectivity index (χ0) is 13.0. The van der Waals surface area contributed by atoms with Crippen molar-refractivity contribution in [3.63, 3.8) is 0 Å². The molecule has 0 spiro atoms. The highest BCUT2D eigenvalue weighted by Crippen LogP contribution is 2.18. The molecule has 2 aromatic heterocycles. The highest BCUT2D eigenvalue weighted by molar-refractivity contribution is 7.80. The third-order valence-corrected chi connectivity index (χ3v) is 2.77. The number of hydrogen-bond donors (Lipinski definition) is 1. The first kappa shape index (κ1) is 12.4. The number of nitrogens with two attached hydrogens (primary N) is 1. The van der Waals surface area contributed by atoms with Gasteiger partial charge in [-0.3, -0.25) is 9.97 Å². The zero-order valence-corrected chi connectivity index (χ0v) is 10.9. The molecule has 0 amide bonds. The first-order valence-electron chi connectivity index (χ1n) is 5.53. The fourth-order valence-corrected chi connectivity index (χ4v) is 1.90. The summed E-state index contributed by atoms with van der Waals surface area (Å²) in [6.07, 6.45) is 5.29. The van der Waals surface area contributed by atoms with Crippen LogP contribution in [0.2, 0.25) is 0 Å². The topological polar surface area (TPSA) is 55.0 Å². The second kappa shape index (κ2) is 5.55. The lowest BCUT2D eigenvalue weighted by Crippen LogP contribution is -2.22. The van der Waals surface area contributed by atoms with Crippen LogP contribution in [0, 0.1) is 0 Å². The number of aromatic nitrogens is 2. The van der Waals surface area contributed by atoms with Gasteiger partial charge in [0.05, 0.1) is 5.69 Å². The second-order valence-corrected chi connectivity index (χ2v) is 4.39. The summed E-state index contributed by atoms with van der Waals surface area (Å²) in [7, 11) is 1.98. The van der Waals surface area contributed by atoms with Gasteiger partial charge in [-0.2, -0.15) is 0 Å². The highest BCUT2D eigenvalue weighted by atomic mass is 32.1. The van der Waals surface area contributed by atoms with Crippen molar-refractivity contribution in [3.05, 3.63) is 54.1 Å². The lowest BCUT2D eigenvalue weighted by molar-refractivity contribution is 0.908. The first-order chi connectivity index (χ1) is 8.68. The maximum absolute atomic E-state index is 5.68. The summed E-state index contributed by atoms with van der Waals surface area (Å²) in [4.78, 5) is 10.7. The standard InChI is InChI=1S/C13H14N4S/c1-17(9-10-4-2-6-15-8-10)11-5-3-7-16-12(11)13(14)18/h2-8H,9H2,1H3,(H2,14,18). The van der Waals surface area contributed by atoms with E-state index in [4.69, 9.17) is 18.0 Å². The van der Waals surface area contributed by atoms with Gasteiger partial charge in [-0.15, -0.1) is 0 Å². The molecule has 2 rings (SSSR count). The van der Waals surface area contributed by atoms with Gasteiger partial charge in [0, 0.05) is 32.2 Å². The van der Waals surface area contributed by atoms with Crippen LogP contribution >= 0.6 is 12.2 Å². The van der Waals surface area contributed by atoms with Crippen LogP contribution in [-0.4, -0.2) is 22.0 Å². The molecule has 0 bridgehead atoms. The van der Waals surface area contributed by atoms with E-state index in [1.54, 1.807) is 12.4 Å². The Balaban J connectivity index is 2.24. The maximum atomic E-state index is 5.68. The summed E-state index contributed by atoms with van der Waals surface area (Å²) in [5, 5.41) is 0. The lowest BCUT2D eigenvalue weighted by atomic mass is 10.2. The minimum absolute atomic E-state index is 0.309. The predicted octanol–water partition coefficient (Wildman–Crippen LogP) is 1.75. The highest BCUT2D eigenvalue weighted by Gasteiger charge is 2.10. The zero-order valence-electron chi connectivity index (χ0n) is 10.1. The van der Waals surface area contributed by atoms with E-state index in [1.165, 1.54) is 0 Å². The molecule has 0 aliphatic heterocycles. The number of hydrogen-bond acceptors (Lipinski definition) is 4. The Kier molecular flexibility index (Phi) is 3.84. The van der Waals surface area contributed by atoms with Crippen LogP contribution in [0.3, 0.4) is 0 Å². The molecule has 5 heteroatoms. The van der Waals surface area contributed by atoms with Gasteiger partial charge in [0.1, 0.15) is 10.7 Å². The Bertz CT molecular complexity index is 542. The number of rotatable bonds is 4. The van der Waals surface area contributed by atoms with Crippen molar-refractivity contribution in [3.8, 4) is 0 Å². The Labute approximate surface area is 111 Å². The van der Waals surface area contributed by atoms with Crippen LogP contribution in [0.15, 0.2) is 42.9 Å². The van der Waals surface area contributed by atoms with Crippen molar-refractivity contribution in [2.45, 2.75) is 6.54 Å². The number of anilines is 1. The number of nitrogens with zero attached hydrogens (tertiary/aromatic N) is 3. The van der Waals surface area contributed by atoms with Gasteiger partial charge in [0.25, 0.3) is 0 Å². The smallest absolute Gasteiger partial charge is 0.124 e. The third-order valence-electron chi connectivity index (χ3n) is 2.57. The molecule has 2 aromatic rings. The molecule has 0 fully saturated rings. The van der Waals surface area contributed by atoms with E-state index in [9.17, 15) is 0 Å². The van der Waals surface area contributed by atoms with Gasteiger partial charge in [0.15, 0.2) is 0 Å². The molecular weight excluding hydrogens is 244 g/mol. The summed E-state index contributed by atoms with van der Waals surface area (Å²) in [6.45, 7) is 0.731. The summed E-state index contributed by atoms with van der Waals surface area (Å²) in [5.74, 6) is 0. The Hall–Kier alpha value is -2.01. The first-order valence-corrected chi connectivity index (χ1v) is 5.94. The van der Waals surface area contributed by atoms with E-state index in [0.717, 1.165) is 17.8 Å². The van der Waals surface area contributed by atoms with E-state index in [1.807, 2.05) is 37.5 Å². The molecule has 2 N–H and O–H groups in total. The summed E-state index contributed by atoms with van der Waals surface area (Å²) in [5.41, 5.74) is 8.38. The second-order valence-electron chi connectivity index (χ2n) is 3.95. The van der Waals surface area contributed by atoms with Gasteiger partial charge >= 0.3 is 0 Å². The average Bonchev–Trinajstić information content (AvgIpc) is 2.40. The number of thiocarbonyl (C=S) groups is 1. The minimum Gasteiger partial charge on any atom is -0.388 e. The van der Waals surface area contributed by atoms with Crippen molar-refractivity contribution in [2.75, 3.05) is 11.9 Å².